The van der Waals surface area contributed by atoms with Crippen molar-refractivity contribution in [2.75, 3.05) is 6.54 Å². The Morgan fingerprint density at radius 3 is 2.84 bits per heavy atom. The summed E-state index contributed by atoms with van der Waals surface area (Å²) < 4.78 is 0. The quantitative estimate of drug-likeness (QED) is 0.476. The van der Waals surface area contributed by atoms with Gasteiger partial charge in [0, 0.05) is 12.6 Å². The SMILES string of the molecule is CC(O)CCCNC(=O)c1cccc([N+](=O)[O-])c1Cl. The molecular weight excluding hydrogens is 272 g/mol. The molecule has 0 saturated carbocycles. The van der Waals surface area contributed by atoms with Crippen molar-refractivity contribution in [2.45, 2.75) is 25.9 Å². The zero-order chi connectivity index (χ0) is 14.4. The fourth-order valence-electron chi connectivity index (χ4n) is 1.53. The molecule has 0 aliphatic rings. The van der Waals surface area contributed by atoms with E-state index in [2.05, 4.69) is 5.32 Å². The van der Waals surface area contributed by atoms with Gasteiger partial charge in [0.25, 0.3) is 11.6 Å². The molecule has 0 fully saturated rings. The van der Waals surface area contributed by atoms with Crippen molar-refractivity contribution < 1.29 is 14.8 Å². The second-order valence-corrected chi connectivity index (χ2v) is 4.52. The number of carbonyl (C=O) groups excluding carboxylic acids is 1. The maximum Gasteiger partial charge on any atom is 0.288 e. The number of amides is 1. The number of aliphatic hydroxyl groups is 1. The van der Waals surface area contributed by atoms with Crippen LogP contribution in [0.25, 0.3) is 0 Å². The Balaban J connectivity index is 2.67. The van der Waals surface area contributed by atoms with Crippen LogP contribution in [0, 0.1) is 10.1 Å². The van der Waals surface area contributed by atoms with E-state index in [9.17, 15) is 14.9 Å². The Morgan fingerprint density at radius 2 is 2.26 bits per heavy atom. The molecule has 19 heavy (non-hydrogen) atoms. The fourth-order valence-corrected chi connectivity index (χ4v) is 1.81. The van der Waals surface area contributed by atoms with Crippen LogP contribution in [-0.4, -0.2) is 28.6 Å². The molecule has 0 spiro atoms. The van der Waals surface area contributed by atoms with E-state index in [0.717, 1.165) is 0 Å². The molecule has 1 unspecified atom stereocenters. The zero-order valence-electron chi connectivity index (χ0n) is 10.4. The number of nitrogens with zero attached hydrogens (tertiary/aromatic N) is 1. The van der Waals surface area contributed by atoms with Gasteiger partial charge in [0.1, 0.15) is 5.02 Å². The van der Waals surface area contributed by atoms with Gasteiger partial charge in [0.2, 0.25) is 0 Å². The van der Waals surface area contributed by atoms with E-state index < -0.39 is 16.9 Å². The Bertz CT molecular complexity index is 477. The minimum atomic E-state index is -0.632. The van der Waals surface area contributed by atoms with Crippen LogP contribution >= 0.6 is 11.6 Å². The van der Waals surface area contributed by atoms with Crippen LogP contribution in [0.15, 0.2) is 18.2 Å². The lowest BCUT2D eigenvalue weighted by atomic mass is 10.1. The highest BCUT2D eigenvalue weighted by Gasteiger charge is 2.19. The van der Waals surface area contributed by atoms with Crippen molar-refractivity contribution in [2.24, 2.45) is 0 Å². The van der Waals surface area contributed by atoms with Crippen LogP contribution in [0.5, 0.6) is 0 Å². The summed E-state index contributed by atoms with van der Waals surface area (Å²) in [4.78, 5) is 21.9. The molecule has 1 aromatic rings. The summed E-state index contributed by atoms with van der Waals surface area (Å²) in [5.74, 6) is -0.459. The number of nitrogens with one attached hydrogen (secondary N) is 1. The highest BCUT2D eigenvalue weighted by atomic mass is 35.5. The Hall–Kier alpha value is -1.66. The molecule has 104 valence electrons. The van der Waals surface area contributed by atoms with Crippen molar-refractivity contribution in [1.29, 1.82) is 0 Å². The van der Waals surface area contributed by atoms with E-state index in [0.29, 0.717) is 19.4 Å². The van der Waals surface area contributed by atoms with Crippen molar-refractivity contribution in [3.63, 3.8) is 0 Å². The summed E-state index contributed by atoms with van der Waals surface area (Å²) >= 11 is 5.82. The number of nitro benzene ring substituents is 1. The van der Waals surface area contributed by atoms with Gasteiger partial charge in [-0.05, 0) is 25.8 Å². The average Bonchev–Trinajstić information content (AvgIpc) is 2.34. The van der Waals surface area contributed by atoms with Crippen LogP contribution in [0.4, 0.5) is 5.69 Å². The standard InChI is InChI=1S/C12H15ClN2O4/c1-8(16)4-3-7-14-12(17)9-5-2-6-10(11(9)13)15(18)19/h2,5-6,8,16H,3-4,7H2,1H3,(H,14,17). The maximum atomic E-state index is 11.8. The first-order valence-corrected chi connectivity index (χ1v) is 6.20. The molecule has 0 aliphatic heterocycles. The zero-order valence-corrected chi connectivity index (χ0v) is 11.2. The molecule has 0 aromatic heterocycles. The van der Waals surface area contributed by atoms with E-state index in [1.165, 1.54) is 18.2 Å². The molecule has 0 aliphatic carbocycles. The molecule has 7 heteroatoms. The van der Waals surface area contributed by atoms with Crippen molar-refractivity contribution in [3.8, 4) is 0 Å². The molecule has 6 nitrogen and oxygen atoms in total. The van der Waals surface area contributed by atoms with Gasteiger partial charge in [-0.1, -0.05) is 17.7 Å². The number of rotatable bonds is 6. The second kappa shape index (κ2) is 7.06. The summed E-state index contributed by atoms with van der Waals surface area (Å²) in [6, 6.07) is 4.08. The highest BCUT2D eigenvalue weighted by Crippen LogP contribution is 2.27. The van der Waals surface area contributed by atoms with Crippen LogP contribution < -0.4 is 5.32 Å². The molecule has 1 aromatic carbocycles. The molecule has 0 bridgehead atoms. The molecule has 0 heterocycles. The van der Waals surface area contributed by atoms with E-state index in [-0.39, 0.29) is 16.3 Å². The number of halogens is 1. The highest BCUT2D eigenvalue weighted by molar-refractivity contribution is 6.35. The van der Waals surface area contributed by atoms with E-state index >= 15 is 0 Å². The fraction of sp³-hybridized carbons (Fsp3) is 0.417. The lowest BCUT2D eigenvalue weighted by Gasteiger charge is -2.07. The molecule has 0 saturated heterocycles. The Morgan fingerprint density at radius 1 is 1.58 bits per heavy atom. The molecule has 2 N–H and O–H groups in total. The van der Waals surface area contributed by atoms with Crippen molar-refractivity contribution >= 4 is 23.2 Å². The number of nitro groups is 1. The van der Waals surface area contributed by atoms with Gasteiger partial charge >= 0.3 is 0 Å². The Kier molecular flexibility index (Phi) is 5.72. The monoisotopic (exact) mass is 286 g/mol. The smallest absolute Gasteiger partial charge is 0.288 e. The van der Waals surface area contributed by atoms with Crippen LogP contribution in [-0.2, 0) is 0 Å². The summed E-state index contributed by atoms with van der Waals surface area (Å²) in [5, 5.41) is 22.2. The van der Waals surface area contributed by atoms with Crippen LogP contribution in [0.1, 0.15) is 30.1 Å². The predicted octanol–water partition coefficient (Wildman–Crippen LogP) is 2.14. The Labute approximate surface area is 115 Å². The second-order valence-electron chi connectivity index (χ2n) is 4.14. The van der Waals surface area contributed by atoms with E-state index in [1.807, 2.05) is 0 Å². The normalized spacial score (nSPS) is 11.9. The molecule has 0 radical (unpaired) electrons. The minimum Gasteiger partial charge on any atom is -0.393 e. The summed E-state index contributed by atoms with van der Waals surface area (Å²) in [5.41, 5.74) is -0.216. The minimum absolute atomic E-state index is 0.0768. The van der Waals surface area contributed by atoms with Gasteiger partial charge in [-0.3, -0.25) is 14.9 Å². The number of hydrogen-bond acceptors (Lipinski definition) is 4. The summed E-state index contributed by atoms with van der Waals surface area (Å²) in [6.45, 7) is 2.04. The third kappa shape index (κ3) is 4.50. The lowest BCUT2D eigenvalue weighted by Crippen LogP contribution is -2.25. The van der Waals surface area contributed by atoms with Gasteiger partial charge in [-0.15, -0.1) is 0 Å². The van der Waals surface area contributed by atoms with Gasteiger partial charge in [-0.2, -0.15) is 0 Å². The molecule has 1 atom stereocenters. The summed E-state index contributed by atoms with van der Waals surface area (Å²) in [6.07, 6.45) is 0.775. The topological polar surface area (TPSA) is 92.5 Å². The summed E-state index contributed by atoms with van der Waals surface area (Å²) in [7, 11) is 0. The van der Waals surface area contributed by atoms with Crippen molar-refractivity contribution in [1.82, 2.24) is 5.32 Å². The lowest BCUT2D eigenvalue weighted by molar-refractivity contribution is -0.384. The third-order valence-electron chi connectivity index (χ3n) is 2.50. The molecule has 1 rings (SSSR count). The number of carbonyl (C=O) groups is 1. The predicted molar refractivity (Wildman–Crippen MR) is 71.4 cm³/mol. The van der Waals surface area contributed by atoms with Gasteiger partial charge in [0.15, 0.2) is 0 Å². The average molecular weight is 287 g/mol. The van der Waals surface area contributed by atoms with Gasteiger partial charge in [-0.25, -0.2) is 0 Å². The van der Waals surface area contributed by atoms with E-state index in [4.69, 9.17) is 16.7 Å². The third-order valence-corrected chi connectivity index (χ3v) is 2.90. The number of hydrogen-bond donors (Lipinski definition) is 2. The van der Waals surface area contributed by atoms with Crippen LogP contribution in [0.3, 0.4) is 0 Å². The van der Waals surface area contributed by atoms with Gasteiger partial charge < -0.3 is 10.4 Å². The first-order valence-electron chi connectivity index (χ1n) is 5.82. The number of aliphatic hydroxyl groups excluding tert-OH is 1. The van der Waals surface area contributed by atoms with Gasteiger partial charge in [0.05, 0.1) is 16.6 Å². The van der Waals surface area contributed by atoms with Crippen LogP contribution in [0.2, 0.25) is 5.02 Å². The van der Waals surface area contributed by atoms with Crippen molar-refractivity contribution in [3.05, 3.63) is 38.9 Å². The first kappa shape index (κ1) is 15.4. The number of benzene rings is 1. The molecular formula is C12H15ClN2O4. The maximum absolute atomic E-state index is 11.8. The molecule has 1 amide bonds. The largest absolute Gasteiger partial charge is 0.393 e. The van der Waals surface area contributed by atoms with E-state index in [1.54, 1.807) is 6.92 Å². The first-order chi connectivity index (χ1) is 8.93.